The Kier molecular flexibility index (Phi) is 2.88. The van der Waals surface area contributed by atoms with Gasteiger partial charge in [-0.15, -0.1) is 0 Å². The smallest absolute Gasteiger partial charge is 0.228 e. The molecule has 84 valence electrons. The van der Waals surface area contributed by atoms with E-state index in [2.05, 4.69) is 4.98 Å². The van der Waals surface area contributed by atoms with Crippen LogP contribution in [0, 0.1) is 6.92 Å². The topological polar surface area (TPSA) is 52.0 Å². The number of benzene rings is 1. The van der Waals surface area contributed by atoms with Crippen LogP contribution in [0.1, 0.15) is 18.4 Å². The average Bonchev–Trinajstić information content (AvgIpc) is 2.59. The lowest BCUT2D eigenvalue weighted by Crippen LogP contribution is -1.86. The van der Waals surface area contributed by atoms with Crippen LogP contribution >= 0.6 is 11.6 Å². The zero-order valence-corrected chi connectivity index (χ0v) is 10.0. The number of nitrogens with two attached hydrogens (primary N) is 1. The van der Waals surface area contributed by atoms with Gasteiger partial charge in [0.2, 0.25) is 5.89 Å². The van der Waals surface area contributed by atoms with Crippen molar-refractivity contribution in [2.24, 2.45) is 0 Å². The fourth-order valence-electron chi connectivity index (χ4n) is 1.58. The predicted octanol–water partition coefficient (Wildman–Crippen LogP) is 3.45. The number of halogens is 1. The van der Waals surface area contributed by atoms with Gasteiger partial charge in [0, 0.05) is 12.1 Å². The van der Waals surface area contributed by atoms with Gasteiger partial charge in [0.1, 0.15) is 5.76 Å². The summed E-state index contributed by atoms with van der Waals surface area (Å²) >= 11 is 6.09. The van der Waals surface area contributed by atoms with Gasteiger partial charge in [0.15, 0.2) is 0 Å². The van der Waals surface area contributed by atoms with E-state index in [1.165, 1.54) is 0 Å². The van der Waals surface area contributed by atoms with Crippen molar-refractivity contribution in [3.05, 3.63) is 34.7 Å². The molecule has 0 aliphatic carbocycles. The number of aryl methyl sites for hydroxylation is 2. The molecule has 0 fully saturated rings. The molecule has 2 aromatic rings. The number of hydrogen-bond donors (Lipinski definition) is 1. The molecule has 0 atom stereocenters. The monoisotopic (exact) mass is 236 g/mol. The fraction of sp³-hybridized carbons (Fsp3) is 0.250. The first kappa shape index (κ1) is 11.0. The molecule has 0 aliphatic rings. The van der Waals surface area contributed by atoms with Crippen molar-refractivity contribution in [1.29, 1.82) is 0 Å². The Morgan fingerprint density at radius 1 is 1.44 bits per heavy atom. The van der Waals surface area contributed by atoms with Crippen LogP contribution in [0.15, 0.2) is 22.6 Å². The second-order valence-corrected chi connectivity index (χ2v) is 4.03. The standard InChI is InChI=1S/C12H13ClN2O/c1-3-11-7(2)15-12(16-11)9-5-4-8(14)6-10(9)13/h4-6H,3,14H2,1-2H3. The lowest BCUT2D eigenvalue weighted by Gasteiger charge is -2.00. The minimum atomic E-state index is 0.555. The summed E-state index contributed by atoms with van der Waals surface area (Å²) in [6.07, 6.45) is 0.825. The van der Waals surface area contributed by atoms with Gasteiger partial charge in [0.05, 0.1) is 16.3 Å². The SMILES string of the molecule is CCc1oc(-c2ccc(N)cc2Cl)nc1C. The lowest BCUT2D eigenvalue weighted by molar-refractivity contribution is 0.522. The summed E-state index contributed by atoms with van der Waals surface area (Å²) in [6, 6.07) is 5.30. The van der Waals surface area contributed by atoms with Gasteiger partial charge in [0.25, 0.3) is 0 Å². The maximum atomic E-state index is 6.09. The highest BCUT2D eigenvalue weighted by atomic mass is 35.5. The summed E-state index contributed by atoms with van der Waals surface area (Å²) in [4.78, 5) is 4.35. The van der Waals surface area contributed by atoms with Crippen LogP contribution in [0.2, 0.25) is 5.02 Å². The van der Waals surface area contributed by atoms with Crippen molar-refractivity contribution in [1.82, 2.24) is 4.98 Å². The highest BCUT2D eigenvalue weighted by molar-refractivity contribution is 6.33. The van der Waals surface area contributed by atoms with Crippen LogP contribution < -0.4 is 5.73 Å². The Morgan fingerprint density at radius 3 is 2.75 bits per heavy atom. The highest BCUT2D eigenvalue weighted by Crippen LogP contribution is 2.30. The largest absolute Gasteiger partial charge is 0.441 e. The highest BCUT2D eigenvalue weighted by Gasteiger charge is 2.12. The summed E-state index contributed by atoms with van der Waals surface area (Å²) < 4.78 is 5.63. The van der Waals surface area contributed by atoms with Crippen molar-refractivity contribution < 1.29 is 4.42 Å². The maximum absolute atomic E-state index is 6.09. The van der Waals surface area contributed by atoms with Gasteiger partial charge in [-0.05, 0) is 25.1 Å². The molecule has 2 rings (SSSR count). The van der Waals surface area contributed by atoms with E-state index in [-0.39, 0.29) is 0 Å². The van der Waals surface area contributed by atoms with Gasteiger partial charge in [-0.1, -0.05) is 18.5 Å². The summed E-state index contributed by atoms with van der Waals surface area (Å²) in [5.74, 6) is 1.45. The van der Waals surface area contributed by atoms with E-state index >= 15 is 0 Å². The van der Waals surface area contributed by atoms with E-state index in [9.17, 15) is 0 Å². The number of rotatable bonds is 2. The normalized spacial score (nSPS) is 10.7. The van der Waals surface area contributed by atoms with Crippen LogP contribution in [0.5, 0.6) is 0 Å². The molecular weight excluding hydrogens is 224 g/mol. The Bertz CT molecular complexity index is 520. The number of oxazole rings is 1. The van der Waals surface area contributed by atoms with Crippen LogP contribution in [0.4, 0.5) is 5.69 Å². The Balaban J connectivity index is 2.50. The van der Waals surface area contributed by atoms with Crippen molar-refractivity contribution in [2.75, 3.05) is 5.73 Å². The first-order valence-corrected chi connectivity index (χ1v) is 5.51. The second kappa shape index (κ2) is 4.18. The average molecular weight is 237 g/mol. The van der Waals surface area contributed by atoms with E-state index in [1.54, 1.807) is 12.1 Å². The molecule has 0 bridgehead atoms. The second-order valence-electron chi connectivity index (χ2n) is 3.62. The van der Waals surface area contributed by atoms with E-state index in [0.717, 1.165) is 23.4 Å². The number of aromatic nitrogens is 1. The van der Waals surface area contributed by atoms with Crippen LogP contribution in [0.25, 0.3) is 11.5 Å². The molecule has 1 heterocycles. The van der Waals surface area contributed by atoms with Gasteiger partial charge in [-0.2, -0.15) is 0 Å². The molecule has 0 amide bonds. The molecule has 3 nitrogen and oxygen atoms in total. The zero-order valence-electron chi connectivity index (χ0n) is 9.25. The molecule has 2 N–H and O–H groups in total. The molecule has 0 unspecified atom stereocenters. The van der Waals surface area contributed by atoms with Crippen LogP contribution in [-0.4, -0.2) is 4.98 Å². The number of anilines is 1. The molecule has 4 heteroatoms. The van der Waals surface area contributed by atoms with E-state index < -0.39 is 0 Å². The minimum Gasteiger partial charge on any atom is -0.441 e. The Labute approximate surface area is 99.2 Å². The Hall–Kier alpha value is -1.48. The molecule has 1 aromatic carbocycles. The predicted molar refractivity (Wildman–Crippen MR) is 65.5 cm³/mol. The van der Waals surface area contributed by atoms with Crippen molar-refractivity contribution in [3.63, 3.8) is 0 Å². The molecule has 0 saturated carbocycles. The molecule has 0 radical (unpaired) electrons. The summed E-state index contributed by atoms with van der Waals surface area (Å²) in [5.41, 5.74) is 7.95. The number of nitrogens with zero attached hydrogens (tertiary/aromatic N) is 1. The third-order valence-corrected chi connectivity index (χ3v) is 2.75. The van der Waals surface area contributed by atoms with E-state index in [1.807, 2.05) is 19.9 Å². The molecule has 0 aliphatic heterocycles. The van der Waals surface area contributed by atoms with E-state index in [4.69, 9.17) is 21.8 Å². The minimum absolute atomic E-state index is 0.555. The third kappa shape index (κ3) is 1.91. The Morgan fingerprint density at radius 2 is 2.19 bits per heavy atom. The van der Waals surface area contributed by atoms with Gasteiger partial charge < -0.3 is 10.2 Å². The quantitative estimate of drug-likeness (QED) is 0.813. The molecule has 0 spiro atoms. The van der Waals surface area contributed by atoms with Crippen molar-refractivity contribution in [3.8, 4) is 11.5 Å². The maximum Gasteiger partial charge on any atom is 0.228 e. The van der Waals surface area contributed by atoms with Crippen molar-refractivity contribution in [2.45, 2.75) is 20.3 Å². The fourth-order valence-corrected chi connectivity index (χ4v) is 1.85. The lowest BCUT2D eigenvalue weighted by atomic mass is 10.2. The first-order chi connectivity index (χ1) is 7.61. The number of nitrogen functional groups attached to an aromatic ring is 1. The molecular formula is C12H13ClN2O. The van der Waals surface area contributed by atoms with Crippen molar-refractivity contribution >= 4 is 17.3 Å². The first-order valence-electron chi connectivity index (χ1n) is 5.13. The summed E-state index contributed by atoms with van der Waals surface area (Å²) in [5, 5.41) is 0.559. The van der Waals surface area contributed by atoms with Crippen LogP contribution in [0.3, 0.4) is 0 Å². The molecule has 1 aromatic heterocycles. The molecule has 16 heavy (non-hydrogen) atoms. The summed E-state index contributed by atoms with van der Waals surface area (Å²) in [7, 11) is 0. The van der Waals surface area contributed by atoms with Crippen LogP contribution in [-0.2, 0) is 6.42 Å². The third-order valence-electron chi connectivity index (χ3n) is 2.44. The van der Waals surface area contributed by atoms with Gasteiger partial charge in [-0.25, -0.2) is 4.98 Å². The molecule has 0 saturated heterocycles. The van der Waals surface area contributed by atoms with Gasteiger partial charge in [-0.3, -0.25) is 0 Å². The van der Waals surface area contributed by atoms with Gasteiger partial charge >= 0.3 is 0 Å². The summed E-state index contributed by atoms with van der Waals surface area (Å²) in [6.45, 7) is 3.96. The number of hydrogen-bond acceptors (Lipinski definition) is 3. The zero-order chi connectivity index (χ0) is 11.7. The van der Waals surface area contributed by atoms with E-state index in [0.29, 0.717) is 16.6 Å².